The molecule has 2 atom stereocenters. The van der Waals surface area contributed by atoms with Crippen LogP contribution in [0, 0.1) is 17.5 Å². The van der Waals surface area contributed by atoms with Gasteiger partial charge in [-0.3, -0.25) is 9.97 Å². The van der Waals surface area contributed by atoms with Gasteiger partial charge in [0.05, 0.1) is 11.4 Å². The molecular formula is C50H39F9N6O4. The lowest BCUT2D eigenvalue weighted by molar-refractivity contribution is -0.275. The van der Waals surface area contributed by atoms with Crippen LogP contribution in [0.2, 0.25) is 0 Å². The number of nitrogens with zero attached hydrogens (tertiary/aromatic N) is 6. The number of aromatic nitrogens is 6. The van der Waals surface area contributed by atoms with E-state index in [0.29, 0.717) is 33.4 Å². The number of hydrogen-bond donors (Lipinski definition) is 2. The molecule has 0 fully saturated rings. The van der Waals surface area contributed by atoms with Crippen LogP contribution in [-0.2, 0) is 24.0 Å². The van der Waals surface area contributed by atoms with Gasteiger partial charge in [-0.15, -0.1) is 26.3 Å². The Hall–Kier alpha value is -7.77. The maximum atomic E-state index is 14.3. The maximum Gasteiger partial charge on any atom is 0.573 e. The van der Waals surface area contributed by atoms with Gasteiger partial charge in [0.2, 0.25) is 0 Å². The van der Waals surface area contributed by atoms with E-state index in [2.05, 4.69) is 39.4 Å². The van der Waals surface area contributed by atoms with Crippen molar-refractivity contribution in [2.75, 3.05) is 0 Å². The van der Waals surface area contributed by atoms with Crippen LogP contribution in [0.15, 0.2) is 165 Å². The van der Waals surface area contributed by atoms with E-state index in [4.69, 9.17) is 0 Å². The molecule has 4 heterocycles. The van der Waals surface area contributed by atoms with Crippen molar-refractivity contribution in [3.63, 3.8) is 0 Å². The third-order valence-electron chi connectivity index (χ3n) is 10.1. The number of ether oxygens (including phenoxy) is 2. The van der Waals surface area contributed by atoms with E-state index in [9.17, 15) is 49.7 Å². The number of rotatable bonds is 12. The monoisotopic (exact) mass is 958 g/mol. The average Bonchev–Trinajstić information content (AvgIpc) is 3.33. The van der Waals surface area contributed by atoms with Crippen LogP contribution in [-0.4, -0.2) is 52.8 Å². The van der Waals surface area contributed by atoms with Crippen LogP contribution in [0.3, 0.4) is 0 Å². The number of alkyl halides is 6. The Labute approximate surface area is 388 Å². The van der Waals surface area contributed by atoms with Gasteiger partial charge in [-0.25, -0.2) is 33.1 Å². The van der Waals surface area contributed by atoms with Crippen LogP contribution in [0.25, 0.3) is 22.3 Å². The summed E-state index contributed by atoms with van der Waals surface area (Å²) >= 11 is 0. The zero-order valence-corrected chi connectivity index (χ0v) is 36.3. The molecule has 2 N–H and O–H groups in total. The second-order valence-electron chi connectivity index (χ2n) is 14.7. The van der Waals surface area contributed by atoms with Gasteiger partial charge in [0, 0.05) is 78.3 Å². The van der Waals surface area contributed by atoms with E-state index < -0.39 is 41.4 Å². The first kappa shape index (κ1) is 50.6. The molecule has 2 unspecified atom stereocenters. The maximum absolute atomic E-state index is 14.3. The Morgan fingerprint density at radius 2 is 0.884 bits per heavy atom. The summed E-state index contributed by atoms with van der Waals surface area (Å²) in [5, 5.41) is 23.2. The first-order valence-electron chi connectivity index (χ1n) is 20.7. The van der Waals surface area contributed by atoms with E-state index in [0.717, 1.165) is 12.1 Å². The molecule has 4 aromatic carbocycles. The molecule has 0 radical (unpaired) electrons. The molecule has 10 nitrogen and oxygen atoms in total. The van der Waals surface area contributed by atoms with Gasteiger partial charge in [0.25, 0.3) is 0 Å². The Kier molecular flexibility index (Phi) is 16.1. The van der Waals surface area contributed by atoms with E-state index in [1.807, 2.05) is 13.8 Å². The predicted octanol–water partition coefficient (Wildman–Crippen LogP) is 11.3. The first-order valence-corrected chi connectivity index (χ1v) is 20.7. The van der Waals surface area contributed by atoms with Crippen molar-refractivity contribution < 1.29 is 59.2 Å². The molecule has 8 aromatic rings. The minimum Gasteiger partial charge on any atom is -0.406 e. The summed E-state index contributed by atoms with van der Waals surface area (Å²) < 4.78 is 123. The first-order chi connectivity index (χ1) is 32.9. The van der Waals surface area contributed by atoms with Crippen molar-refractivity contribution >= 4 is 0 Å². The SMILES string of the molecule is CC.OC(Cc1ccc(F)cc1F)(c1cncnc1)c1ccc(-c2ccc(OC(F)(F)F)cc2)cn1.OC(Cc1cccc(F)c1)(c1cncnc1)c1ccc(-c2ccc(OC(F)(F)F)cc2)cn1. The number of aliphatic hydroxyl groups is 2. The van der Waals surface area contributed by atoms with Gasteiger partial charge in [-0.1, -0.05) is 68.4 Å². The number of benzene rings is 4. The Morgan fingerprint density at radius 1 is 0.464 bits per heavy atom. The van der Waals surface area contributed by atoms with Crippen LogP contribution < -0.4 is 9.47 Å². The van der Waals surface area contributed by atoms with E-state index in [1.165, 1.54) is 123 Å². The zero-order valence-electron chi connectivity index (χ0n) is 36.3. The molecule has 0 aliphatic heterocycles. The largest absolute Gasteiger partial charge is 0.573 e. The summed E-state index contributed by atoms with van der Waals surface area (Å²) in [6.45, 7) is 4.00. The molecule has 0 saturated heterocycles. The summed E-state index contributed by atoms with van der Waals surface area (Å²) in [7, 11) is 0. The highest BCUT2D eigenvalue weighted by molar-refractivity contribution is 5.64. The summed E-state index contributed by atoms with van der Waals surface area (Å²) in [4.78, 5) is 24.5. The smallest absolute Gasteiger partial charge is 0.406 e. The van der Waals surface area contributed by atoms with Crippen LogP contribution in [0.4, 0.5) is 39.5 Å². The van der Waals surface area contributed by atoms with Crippen molar-refractivity contribution in [1.29, 1.82) is 0 Å². The average molecular weight is 959 g/mol. The standard InChI is InChI=1S/C24H16F5N3O2.C24H17F4N3O2.C2H6/c25-19-5-1-16(21(26)9-19)10-23(33,18-12-30-14-31-13-18)22-8-4-17(11-32-22)15-2-6-20(7-3-15)34-24(27,28)29;25-20-3-1-2-16(10-20)11-23(32,19-13-29-15-30-14-19)22-9-6-18(12-31-22)17-4-7-21(8-5-17)33-24(26,27)28;1-2/h1-9,11-14,33H,10H2;1-10,12-15,32H,11H2;1-2H3. The topological polar surface area (TPSA) is 136 Å². The van der Waals surface area contributed by atoms with Gasteiger partial charge in [0.15, 0.2) is 0 Å². The summed E-state index contributed by atoms with van der Waals surface area (Å²) in [6, 6.07) is 25.9. The summed E-state index contributed by atoms with van der Waals surface area (Å²) in [6.07, 6.45) is 1.35. The lowest BCUT2D eigenvalue weighted by atomic mass is 9.85. The Morgan fingerprint density at radius 3 is 1.28 bits per heavy atom. The molecule has 69 heavy (non-hydrogen) atoms. The van der Waals surface area contributed by atoms with Gasteiger partial charge in [0.1, 0.15) is 52.8 Å². The lowest BCUT2D eigenvalue weighted by Gasteiger charge is -2.28. The number of pyridine rings is 2. The number of halogens is 9. The second kappa shape index (κ2) is 21.9. The molecule has 0 aliphatic carbocycles. The highest BCUT2D eigenvalue weighted by atomic mass is 19.4. The fourth-order valence-corrected chi connectivity index (χ4v) is 6.91. The fourth-order valence-electron chi connectivity index (χ4n) is 6.91. The summed E-state index contributed by atoms with van der Waals surface area (Å²) in [5.74, 6) is -2.69. The lowest BCUT2D eigenvalue weighted by Crippen LogP contribution is -2.32. The van der Waals surface area contributed by atoms with Crippen LogP contribution >= 0.6 is 0 Å². The third kappa shape index (κ3) is 13.4. The Balaban J connectivity index is 0.000000219. The third-order valence-corrected chi connectivity index (χ3v) is 10.1. The molecular weight excluding hydrogens is 920 g/mol. The molecule has 0 bridgehead atoms. The normalized spacial score (nSPS) is 13.1. The van der Waals surface area contributed by atoms with E-state index in [1.54, 1.807) is 30.3 Å². The quantitative estimate of drug-likeness (QED) is 0.114. The fraction of sp³-hybridized carbons (Fsp3) is 0.160. The number of hydrogen-bond acceptors (Lipinski definition) is 10. The van der Waals surface area contributed by atoms with Crippen molar-refractivity contribution in [1.82, 2.24) is 29.9 Å². The van der Waals surface area contributed by atoms with E-state index >= 15 is 0 Å². The molecule has 4 aromatic heterocycles. The molecule has 19 heteroatoms. The Bertz CT molecular complexity index is 2880. The zero-order chi connectivity index (χ0) is 49.8. The predicted molar refractivity (Wildman–Crippen MR) is 234 cm³/mol. The molecule has 356 valence electrons. The molecule has 0 saturated carbocycles. The van der Waals surface area contributed by atoms with Crippen molar-refractivity contribution in [2.45, 2.75) is 50.6 Å². The second-order valence-corrected chi connectivity index (χ2v) is 14.7. The molecule has 0 spiro atoms. The highest BCUT2D eigenvalue weighted by Gasteiger charge is 2.37. The van der Waals surface area contributed by atoms with Gasteiger partial charge in [-0.05, 0) is 76.9 Å². The van der Waals surface area contributed by atoms with Gasteiger partial charge in [-0.2, -0.15) is 0 Å². The minimum absolute atomic E-state index is 0.0218. The van der Waals surface area contributed by atoms with Crippen molar-refractivity contribution in [3.05, 3.63) is 216 Å². The molecule has 0 amide bonds. The van der Waals surface area contributed by atoms with Crippen molar-refractivity contribution in [2.24, 2.45) is 0 Å². The highest BCUT2D eigenvalue weighted by Crippen LogP contribution is 2.36. The van der Waals surface area contributed by atoms with Crippen LogP contribution in [0.1, 0.15) is 47.5 Å². The van der Waals surface area contributed by atoms with Crippen molar-refractivity contribution in [3.8, 4) is 33.8 Å². The summed E-state index contributed by atoms with van der Waals surface area (Å²) in [5.41, 5.74) is 0.513. The van der Waals surface area contributed by atoms with Crippen LogP contribution in [0.5, 0.6) is 11.5 Å². The van der Waals surface area contributed by atoms with Gasteiger partial charge >= 0.3 is 12.7 Å². The molecule has 8 rings (SSSR count). The van der Waals surface area contributed by atoms with E-state index in [-0.39, 0.29) is 46.9 Å². The molecule has 0 aliphatic rings. The minimum atomic E-state index is -4.79. The van der Waals surface area contributed by atoms with Gasteiger partial charge < -0.3 is 19.7 Å².